The summed E-state index contributed by atoms with van der Waals surface area (Å²) in [5.41, 5.74) is 3.13. The molecule has 0 saturated heterocycles. The fraction of sp³-hybridized carbons (Fsp3) is 0.148. The van der Waals surface area contributed by atoms with Crippen molar-refractivity contribution in [3.63, 3.8) is 0 Å². The van der Waals surface area contributed by atoms with Crippen molar-refractivity contribution in [1.29, 1.82) is 0 Å². The van der Waals surface area contributed by atoms with Gasteiger partial charge in [0.15, 0.2) is 4.80 Å². The second-order valence-electron chi connectivity index (χ2n) is 7.77. The minimum absolute atomic E-state index is 0.0824. The van der Waals surface area contributed by atoms with Gasteiger partial charge >= 0.3 is 0 Å². The maximum Gasteiger partial charge on any atom is 0.279 e. The molecule has 1 N–H and O–H groups in total. The third-order valence-corrected chi connectivity index (χ3v) is 6.18. The van der Waals surface area contributed by atoms with Gasteiger partial charge in [0.25, 0.3) is 11.8 Å². The van der Waals surface area contributed by atoms with Gasteiger partial charge in [-0.2, -0.15) is 4.99 Å². The van der Waals surface area contributed by atoms with E-state index < -0.39 is 0 Å². The molecule has 0 bridgehead atoms. The van der Waals surface area contributed by atoms with E-state index in [0.717, 1.165) is 11.1 Å². The Labute approximate surface area is 202 Å². The number of ether oxygens (including phenoxy) is 1. The van der Waals surface area contributed by atoms with E-state index in [0.29, 0.717) is 28.2 Å². The molecule has 1 unspecified atom stereocenters. The van der Waals surface area contributed by atoms with Gasteiger partial charge in [-0.25, -0.2) is 0 Å². The second-order valence-corrected chi connectivity index (χ2v) is 8.64. The normalized spacial score (nSPS) is 12.2. The fourth-order valence-electron chi connectivity index (χ4n) is 3.48. The summed E-state index contributed by atoms with van der Waals surface area (Å²) in [5.74, 6) is 0.169. The van der Waals surface area contributed by atoms with Crippen LogP contribution in [-0.2, 0) is 6.54 Å². The van der Waals surface area contributed by atoms with Gasteiger partial charge < -0.3 is 14.6 Å². The lowest BCUT2D eigenvalue weighted by atomic mass is 10.1. The molecule has 3 aromatic carbocycles. The molecule has 172 valence electrons. The predicted molar refractivity (Wildman–Crippen MR) is 133 cm³/mol. The second kappa shape index (κ2) is 10.8. The zero-order valence-electron chi connectivity index (χ0n) is 19.0. The lowest BCUT2D eigenvalue weighted by Gasteiger charge is -2.14. The van der Waals surface area contributed by atoms with Gasteiger partial charge in [0, 0.05) is 29.2 Å². The summed E-state index contributed by atoms with van der Waals surface area (Å²) in [7, 11) is 1.56. The minimum atomic E-state index is -0.324. The van der Waals surface area contributed by atoms with Crippen molar-refractivity contribution in [3.05, 3.63) is 117 Å². The molecule has 7 heteroatoms. The number of nitrogens with one attached hydrogen (secondary N) is 1. The summed E-state index contributed by atoms with van der Waals surface area (Å²) in [5, 5.41) is 4.92. The van der Waals surface area contributed by atoms with Crippen LogP contribution in [0.1, 0.15) is 44.8 Å². The van der Waals surface area contributed by atoms with Crippen LogP contribution in [0, 0.1) is 0 Å². The number of methoxy groups -OCH3 is 1. The Hall–Kier alpha value is -3.97. The molecule has 1 atom stereocenters. The summed E-state index contributed by atoms with van der Waals surface area (Å²) >= 11 is 1.39. The molecular formula is C27H25N3O3S. The predicted octanol–water partition coefficient (Wildman–Crippen LogP) is 4.84. The molecule has 0 aliphatic carbocycles. The van der Waals surface area contributed by atoms with E-state index in [1.165, 1.54) is 11.3 Å². The zero-order valence-corrected chi connectivity index (χ0v) is 19.8. The molecule has 0 radical (unpaired) electrons. The molecule has 2 amide bonds. The number of amides is 2. The number of rotatable bonds is 7. The van der Waals surface area contributed by atoms with Gasteiger partial charge in [0.05, 0.1) is 13.2 Å². The molecule has 4 rings (SSSR count). The molecule has 1 aromatic heterocycles. The maximum atomic E-state index is 12.6. The highest BCUT2D eigenvalue weighted by atomic mass is 32.1. The zero-order chi connectivity index (χ0) is 23.9. The SMILES string of the molecule is COc1cccc(C(=O)N=c2sccn2Cc2ccc(C(=O)NC(C)c3ccccc3)cc2)c1. The van der Waals surface area contributed by atoms with E-state index in [4.69, 9.17) is 4.74 Å². The van der Waals surface area contributed by atoms with Gasteiger partial charge in [-0.15, -0.1) is 11.3 Å². The molecule has 0 aliphatic heterocycles. The quantitative estimate of drug-likeness (QED) is 0.419. The van der Waals surface area contributed by atoms with E-state index in [-0.39, 0.29) is 17.9 Å². The molecule has 4 aromatic rings. The number of carbonyl (C=O) groups excluding carboxylic acids is 2. The monoisotopic (exact) mass is 471 g/mol. The maximum absolute atomic E-state index is 12.6. The average Bonchev–Trinajstić information content (AvgIpc) is 3.31. The minimum Gasteiger partial charge on any atom is -0.497 e. The summed E-state index contributed by atoms with van der Waals surface area (Å²) in [6.07, 6.45) is 1.89. The van der Waals surface area contributed by atoms with Crippen LogP contribution < -0.4 is 14.9 Å². The number of hydrogen-bond donors (Lipinski definition) is 1. The van der Waals surface area contributed by atoms with E-state index >= 15 is 0 Å². The highest BCUT2D eigenvalue weighted by Gasteiger charge is 2.11. The lowest BCUT2D eigenvalue weighted by Crippen LogP contribution is -2.26. The van der Waals surface area contributed by atoms with Crippen molar-refractivity contribution >= 4 is 23.2 Å². The van der Waals surface area contributed by atoms with Gasteiger partial charge in [0.2, 0.25) is 0 Å². The van der Waals surface area contributed by atoms with E-state index in [2.05, 4.69) is 10.3 Å². The first kappa shape index (κ1) is 23.2. The van der Waals surface area contributed by atoms with E-state index in [9.17, 15) is 9.59 Å². The van der Waals surface area contributed by atoms with Gasteiger partial charge in [-0.05, 0) is 48.4 Å². The molecule has 0 fully saturated rings. The van der Waals surface area contributed by atoms with Crippen LogP contribution in [0.25, 0.3) is 0 Å². The number of carbonyl (C=O) groups is 2. The fourth-order valence-corrected chi connectivity index (χ4v) is 4.20. The summed E-state index contributed by atoms with van der Waals surface area (Å²) in [4.78, 5) is 30.2. The highest BCUT2D eigenvalue weighted by molar-refractivity contribution is 7.07. The Morgan fingerprint density at radius 2 is 1.76 bits per heavy atom. The van der Waals surface area contributed by atoms with Gasteiger partial charge in [0.1, 0.15) is 5.75 Å². The largest absolute Gasteiger partial charge is 0.497 e. The van der Waals surface area contributed by atoms with Crippen LogP contribution in [0.5, 0.6) is 5.75 Å². The van der Waals surface area contributed by atoms with Crippen molar-refractivity contribution < 1.29 is 14.3 Å². The smallest absolute Gasteiger partial charge is 0.279 e. The first-order valence-corrected chi connectivity index (χ1v) is 11.7. The van der Waals surface area contributed by atoms with Crippen LogP contribution >= 0.6 is 11.3 Å². The summed E-state index contributed by atoms with van der Waals surface area (Å²) < 4.78 is 7.10. The Morgan fingerprint density at radius 3 is 2.50 bits per heavy atom. The van der Waals surface area contributed by atoms with Crippen LogP contribution in [0.4, 0.5) is 0 Å². The Morgan fingerprint density at radius 1 is 1.00 bits per heavy atom. The Bertz CT molecular complexity index is 1340. The van der Waals surface area contributed by atoms with Crippen LogP contribution in [0.3, 0.4) is 0 Å². The number of thiazole rings is 1. The molecule has 0 saturated carbocycles. The molecule has 0 spiro atoms. The number of aromatic nitrogens is 1. The average molecular weight is 472 g/mol. The highest BCUT2D eigenvalue weighted by Crippen LogP contribution is 2.14. The third kappa shape index (κ3) is 5.68. The third-order valence-electron chi connectivity index (χ3n) is 5.39. The standard InChI is InChI=1S/C27H25N3O3S/c1-19(21-7-4-3-5-8-21)28-25(31)22-13-11-20(12-14-22)18-30-15-16-34-27(30)29-26(32)23-9-6-10-24(17-23)33-2/h3-17,19H,18H2,1-2H3,(H,28,31). The Kier molecular flexibility index (Phi) is 7.34. The molecule has 0 aliphatic rings. The topological polar surface area (TPSA) is 72.7 Å². The van der Waals surface area contributed by atoms with Crippen molar-refractivity contribution in [2.24, 2.45) is 4.99 Å². The first-order valence-electron chi connectivity index (χ1n) is 10.9. The van der Waals surface area contributed by atoms with Gasteiger partial charge in [-0.3, -0.25) is 9.59 Å². The molecular weight excluding hydrogens is 446 g/mol. The van der Waals surface area contributed by atoms with Crippen molar-refractivity contribution in [3.8, 4) is 5.75 Å². The summed E-state index contributed by atoms with van der Waals surface area (Å²) in [6.45, 7) is 2.50. The van der Waals surface area contributed by atoms with Gasteiger partial charge in [-0.1, -0.05) is 48.5 Å². The lowest BCUT2D eigenvalue weighted by molar-refractivity contribution is 0.0938. The molecule has 34 heavy (non-hydrogen) atoms. The van der Waals surface area contributed by atoms with Crippen molar-refractivity contribution in [1.82, 2.24) is 9.88 Å². The molecule has 1 heterocycles. The van der Waals surface area contributed by atoms with E-state index in [1.807, 2.05) is 77.7 Å². The van der Waals surface area contributed by atoms with Crippen LogP contribution in [0.2, 0.25) is 0 Å². The van der Waals surface area contributed by atoms with E-state index in [1.54, 1.807) is 31.4 Å². The number of hydrogen-bond acceptors (Lipinski definition) is 4. The van der Waals surface area contributed by atoms with Crippen LogP contribution in [0.15, 0.2) is 95.4 Å². The van der Waals surface area contributed by atoms with Crippen LogP contribution in [-0.4, -0.2) is 23.5 Å². The van der Waals surface area contributed by atoms with Crippen molar-refractivity contribution in [2.75, 3.05) is 7.11 Å². The number of benzene rings is 3. The summed E-state index contributed by atoms with van der Waals surface area (Å²) in [6, 6.07) is 24.2. The number of nitrogens with zero attached hydrogens (tertiary/aromatic N) is 2. The van der Waals surface area contributed by atoms with Crippen molar-refractivity contribution in [2.45, 2.75) is 19.5 Å². The molecule has 6 nitrogen and oxygen atoms in total. The Balaban J connectivity index is 1.44. The first-order chi connectivity index (χ1) is 16.5.